The maximum Gasteiger partial charge on any atom is 0.113 e. The zero-order chi connectivity index (χ0) is 17.5. The van der Waals surface area contributed by atoms with Crippen molar-refractivity contribution in [1.29, 1.82) is 0 Å². The Morgan fingerprint density at radius 1 is 0.731 bits per heavy atom. The molecule has 2 aliphatic rings. The van der Waals surface area contributed by atoms with Crippen molar-refractivity contribution < 1.29 is 0 Å². The largest absolute Gasteiger partial charge is 0.321 e. The highest BCUT2D eigenvalue weighted by Crippen LogP contribution is 2.53. The highest BCUT2D eigenvalue weighted by Gasteiger charge is 2.33. The van der Waals surface area contributed by atoms with Gasteiger partial charge in [0.2, 0.25) is 0 Å². The highest BCUT2D eigenvalue weighted by atomic mass is 35.5. The third-order valence-corrected chi connectivity index (χ3v) is 5.13. The first-order valence-electron chi connectivity index (χ1n) is 8.61. The number of para-hydroxylation sites is 2. The summed E-state index contributed by atoms with van der Waals surface area (Å²) in [6.07, 6.45) is 1.87. The van der Waals surface area contributed by atoms with Crippen molar-refractivity contribution in [3.63, 3.8) is 0 Å². The van der Waals surface area contributed by atoms with Crippen LogP contribution in [0.1, 0.15) is 0 Å². The fraction of sp³-hybridized carbons (Fsp3) is 0.0952. The summed E-state index contributed by atoms with van der Waals surface area (Å²) >= 11 is 6.41. The van der Waals surface area contributed by atoms with Crippen molar-refractivity contribution in [3.8, 4) is 0 Å². The SMILES string of the molecule is ClN1CC=Nc2c1ccc1c2N(c2ccccc2)CN1c1ccccc1. The summed E-state index contributed by atoms with van der Waals surface area (Å²) in [6.45, 7) is 1.35. The van der Waals surface area contributed by atoms with Crippen molar-refractivity contribution >= 4 is 52.1 Å². The quantitative estimate of drug-likeness (QED) is 0.554. The number of nitrogens with zero attached hydrogens (tertiary/aromatic N) is 4. The molecule has 3 aromatic rings. The summed E-state index contributed by atoms with van der Waals surface area (Å²) in [5, 5.41) is 0. The molecule has 0 amide bonds. The standard InChI is InChI=1S/C21H17ClN4/c22-26-14-13-23-20-18(26)11-12-19-21(20)25(17-9-5-2-6-10-17)15-24(19)16-7-3-1-4-8-16/h1-13H,14-15H2. The van der Waals surface area contributed by atoms with Gasteiger partial charge in [-0.1, -0.05) is 36.4 Å². The topological polar surface area (TPSA) is 22.1 Å². The Kier molecular flexibility index (Phi) is 3.57. The van der Waals surface area contributed by atoms with E-state index in [2.05, 4.69) is 70.5 Å². The van der Waals surface area contributed by atoms with Crippen molar-refractivity contribution in [3.05, 3.63) is 72.8 Å². The van der Waals surface area contributed by atoms with E-state index < -0.39 is 0 Å². The number of rotatable bonds is 2. The van der Waals surface area contributed by atoms with Crippen LogP contribution in [-0.2, 0) is 0 Å². The zero-order valence-electron chi connectivity index (χ0n) is 14.1. The van der Waals surface area contributed by atoms with E-state index in [0.717, 1.165) is 40.8 Å². The lowest BCUT2D eigenvalue weighted by atomic mass is 10.1. The van der Waals surface area contributed by atoms with E-state index in [0.29, 0.717) is 6.54 Å². The predicted octanol–water partition coefficient (Wildman–Crippen LogP) is 5.61. The minimum atomic E-state index is 0.612. The molecule has 5 rings (SSSR count). The van der Waals surface area contributed by atoms with Crippen molar-refractivity contribution in [2.45, 2.75) is 0 Å². The molecule has 0 unspecified atom stereocenters. The highest BCUT2D eigenvalue weighted by molar-refractivity contribution is 6.28. The van der Waals surface area contributed by atoms with Gasteiger partial charge in [-0.15, -0.1) is 0 Å². The van der Waals surface area contributed by atoms with Gasteiger partial charge in [0, 0.05) is 29.4 Å². The predicted molar refractivity (Wildman–Crippen MR) is 110 cm³/mol. The summed E-state index contributed by atoms with van der Waals surface area (Å²) in [7, 11) is 0. The van der Waals surface area contributed by atoms with E-state index in [1.54, 1.807) is 4.42 Å². The minimum absolute atomic E-state index is 0.612. The van der Waals surface area contributed by atoms with Crippen LogP contribution >= 0.6 is 11.8 Å². The number of hydrogen-bond donors (Lipinski definition) is 0. The number of anilines is 5. The van der Waals surface area contributed by atoms with Crippen molar-refractivity contribution in [1.82, 2.24) is 0 Å². The number of fused-ring (bicyclic) bond motifs is 3. The molecular formula is C21H17ClN4. The molecule has 5 heteroatoms. The molecule has 0 radical (unpaired) electrons. The van der Waals surface area contributed by atoms with Crippen LogP contribution in [0.2, 0.25) is 0 Å². The lowest BCUT2D eigenvalue weighted by Gasteiger charge is -2.25. The Bertz CT molecular complexity index is 972. The molecule has 2 heterocycles. The Balaban J connectivity index is 1.72. The molecule has 0 saturated heterocycles. The first-order chi connectivity index (χ1) is 12.8. The van der Waals surface area contributed by atoms with Gasteiger partial charge in [0.25, 0.3) is 0 Å². The number of aliphatic imine (C=N–C) groups is 1. The average molecular weight is 361 g/mol. The molecule has 0 saturated carbocycles. The normalized spacial score (nSPS) is 15.2. The molecule has 2 aliphatic heterocycles. The summed E-state index contributed by atoms with van der Waals surface area (Å²) in [5.74, 6) is 0. The fourth-order valence-electron chi connectivity index (χ4n) is 3.60. The van der Waals surface area contributed by atoms with Crippen LogP contribution in [0, 0.1) is 0 Å². The van der Waals surface area contributed by atoms with Crippen LogP contribution in [0.15, 0.2) is 77.8 Å². The Hall–Kier alpha value is -2.98. The van der Waals surface area contributed by atoms with Gasteiger partial charge in [0.05, 0.1) is 23.6 Å². The molecule has 0 N–H and O–H groups in total. The van der Waals surface area contributed by atoms with Gasteiger partial charge in [-0.05, 0) is 36.4 Å². The van der Waals surface area contributed by atoms with E-state index in [4.69, 9.17) is 16.8 Å². The maximum absolute atomic E-state index is 6.41. The van der Waals surface area contributed by atoms with Crippen molar-refractivity contribution in [2.24, 2.45) is 4.99 Å². The second-order valence-corrected chi connectivity index (χ2v) is 6.73. The molecule has 0 spiro atoms. The maximum atomic E-state index is 6.41. The molecule has 0 aromatic heterocycles. The Morgan fingerprint density at radius 2 is 1.35 bits per heavy atom. The molecule has 0 aliphatic carbocycles. The first-order valence-corrected chi connectivity index (χ1v) is 8.95. The van der Waals surface area contributed by atoms with Gasteiger partial charge < -0.3 is 9.80 Å². The summed E-state index contributed by atoms with van der Waals surface area (Å²) in [4.78, 5) is 9.31. The molecule has 0 bridgehead atoms. The van der Waals surface area contributed by atoms with Crippen LogP contribution in [-0.4, -0.2) is 19.4 Å². The molecule has 3 aromatic carbocycles. The van der Waals surface area contributed by atoms with Crippen LogP contribution in [0.5, 0.6) is 0 Å². The fourth-order valence-corrected chi connectivity index (χ4v) is 3.80. The molecule has 128 valence electrons. The van der Waals surface area contributed by atoms with Gasteiger partial charge in [-0.3, -0.25) is 9.41 Å². The first kappa shape index (κ1) is 15.3. The molecular weight excluding hydrogens is 344 g/mol. The van der Waals surface area contributed by atoms with Gasteiger partial charge >= 0.3 is 0 Å². The number of benzene rings is 3. The second kappa shape index (κ2) is 6.07. The van der Waals surface area contributed by atoms with Gasteiger partial charge in [-0.25, -0.2) is 0 Å². The molecule has 0 atom stereocenters. The Morgan fingerprint density at radius 3 is 2.04 bits per heavy atom. The lowest BCUT2D eigenvalue weighted by molar-refractivity contribution is 0.991. The van der Waals surface area contributed by atoms with E-state index in [-0.39, 0.29) is 0 Å². The van der Waals surface area contributed by atoms with E-state index in [1.807, 2.05) is 18.3 Å². The summed E-state index contributed by atoms with van der Waals surface area (Å²) in [5.41, 5.74) is 6.41. The van der Waals surface area contributed by atoms with Gasteiger partial charge in [-0.2, -0.15) is 0 Å². The summed E-state index contributed by atoms with van der Waals surface area (Å²) < 4.78 is 1.72. The Labute approximate surface area is 157 Å². The average Bonchev–Trinajstić information content (AvgIpc) is 3.10. The zero-order valence-corrected chi connectivity index (χ0v) is 14.8. The summed E-state index contributed by atoms with van der Waals surface area (Å²) in [6, 6.07) is 25.1. The molecule has 4 nitrogen and oxygen atoms in total. The lowest BCUT2D eigenvalue weighted by Crippen LogP contribution is -2.24. The van der Waals surface area contributed by atoms with Gasteiger partial charge in [0.15, 0.2) is 0 Å². The smallest absolute Gasteiger partial charge is 0.113 e. The third kappa shape index (κ3) is 2.34. The number of halogens is 1. The van der Waals surface area contributed by atoms with E-state index >= 15 is 0 Å². The van der Waals surface area contributed by atoms with Crippen LogP contribution in [0.25, 0.3) is 0 Å². The number of hydrogen-bond acceptors (Lipinski definition) is 4. The van der Waals surface area contributed by atoms with E-state index in [1.165, 1.54) is 0 Å². The van der Waals surface area contributed by atoms with E-state index in [9.17, 15) is 0 Å². The van der Waals surface area contributed by atoms with Crippen LogP contribution < -0.4 is 14.2 Å². The van der Waals surface area contributed by atoms with Crippen molar-refractivity contribution in [2.75, 3.05) is 27.4 Å². The van der Waals surface area contributed by atoms with Crippen LogP contribution in [0.3, 0.4) is 0 Å². The third-order valence-electron chi connectivity index (χ3n) is 4.81. The second-order valence-electron chi connectivity index (χ2n) is 6.33. The monoisotopic (exact) mass is 360 g/mol. The van der Waals surface area contributed by atoms with Crippen LogP contribution in [0.4, 0.5) is 34.1 Å². The van der Waals surface area contributed by atoms with Gasteiger partial charge in [0.1, 0.15) is 12.4 Å². The minimum Gasteiger partial charge on any atom is -0.321 e. The molecule has 0 fully saturated rings. The molecule has 26 heavy (non-hydrogen) atoms.